The summed E-state index contributed by atoms with van der Waals surface area (Å²) in [7, 11) is 0. The zero-order valence-corrected chi connectivity index (χ0v) is 21.8. The van der Waals surface area contributed by atoms with Crippen molar-refractivity contribution in [1.82, 2.24) is 9.97 Å². The van der Waals surface area contributed by atoms with E-state index in [2.05, 4.69) is 127 Å². The fourth-order valence-electron chi connectivity index (χ4n) is 5.98. The first-order chi connectivity index (χ1) is 19.8. The lowest BCUT2D eigenvalue weighted by atomic mass is 9.91. The molecule has 40 heavy (non-hydrogen) atoms. The minimum atomic E-state index is 0.950. The van der Waals surface area contributed by atoms with Crippen LogP contribution in [0.1, 0.15) is 0 Å². The van der Waals surface area contributed by atoms with Crippen molar-refractivity contribution in [2.75, 3.05) is 0 Å². The maximum absolute atomic E-state index is 5.07. The maximum Gasteiger partial charge on any atom is 0.0796 e. The molecular formula is C38H24N2. The lowest BCUT2D eigenvalue weighted by Crippen LogP contribution is -1.92. The molecule has 6 aromatic carbocycles. The predicted molar refractivity (Wildman–Crippen MR) is 168 cm³/mol. The van der Waals surface area contributed by atoms with Crippen molar-refractivity contribution >= 4 is 43.2 Å². The summed E-state index contributed by atoms with van der Waals surface area (Å²) in [6.07, 6.45) is 3.99. The smallest absolute Gasteiger partial charge is 0.0796 e. The highest BCUT2D eigenvalue weighted by Gasteiger charge is 2.15. The molecule has 8 rings (SSSR count). The normalized spacial score (nSPS) is 11.5. The number of hydrogen-bond donors (Lipinski definition) is 0. The molecule has 0 spiro atoms. The maximum atomic E-state index is 5.07. The Labute approximate surface area is 232 Å². The van der Waals surface area contributed by atoms with Crippen LogP contribution in [-0.4, -0.2) is 9.97 Å². The van der Waals surface area contributed by atoms with Crippen LogP contribution in [0.4, 0.5) is 0 Å². The first-order valence-electron chi connectivity index (χ1n) is 13.6. The van der Waals surface area contributed by atoms with Crippen molar-refractivity contribution in [3.63, 3.8) is 0 Å². The molecule has 8 aromatic rings. The summed E-state index contributed by atoms with van der Waals surface area (Å²) >= 11 is 0. The molecule has 0 aliphatic heterocycles. The van der Waals surface area contributed by atoms with Gasteiger partial charge in [-0.2, -0.15) is 0 Å². The van der Waals surface area contributed by atoms with E-state index in [0.717, 1.165) is 33.1 Å². The quantitative estimate of drug-likeness (QED) is 0.222. The minimum absolute atomic E-state index is 0.950. The van der Waals surface area contributed by atoms with E-state index in [9.17, 15) is 0 Å². The van der Waals surface area contributed by atoms with Gasteiger partial charge in [-0.15, -0.1) is 0 Å². The Morgan fingerprint density at radius 1 is 0.350 bits per heavy atom. The zero-order valence-electron chi connectivity index (χ0n) is 21.8. The molecule has 0 unspecified atom stereocenters. The number of hydrogen-bond acceptors (Lipinski definition) is 2. The summed E-state index contributed by atoms with van der Waals surface area (Å²) in [5.74, 6) is 0. The molecular weight excluding hydrogens is 484 g/mol. The summed E-state index contributed by atoms with van der Waals surface area (Å²) in [6, 6.07) is 47.3. The van der Waals surface area contributed by atoms with Gasteiger partial charge in [0.05, 0.1) is 11.2 Å². The van der Waals surface area contributed by atoms with Crippen LogP contribution < -0.4 is 0 Å². The number of benzene rings is 6. The third-order valence-corrected chi connectivity index (χ3v) is 7.92. The molecule has 186 valence electrons. The summed E-state index contributed by atoms with van der Waals surface area (Å²) in [6.45, 7) is 0. The molecule has 2 nitrogen and oxygen atoms in total. The van der Waals surface area contributed by atoms with Crippen molar-refractivity contribution in [3.8, 4) is 33.5 Å². The van der Waals surface area contributed by atoms with E-state index in [1.807, 2.05) is 18.5 Å². The van der Waals surface area contributed by atoms with Gasteiger partial charge in [0.2, 0.25) is 0 Å². The van der Waals surface area contributed by atoms with E-state index in [1.165, 1.54) is 43.6 Å². The lowest BCUT2D eigenvalue weighted by Gasteiger charge is -2.15. The molecule has 0 bridgehead atoms. The average molecular weight is 509 g/mol. The number of pyridine rings is 2. The topological polar surface area (TPSA) is 25.8 Å². The molecule has 2 heterocycles. The molecule has 0 amide bonds. The monoisotopic (exact) mass is 508 g/mol. The largest absolute Gasteiger partial charge is 0.256 e. The van der Waals surface area contributed by atoms with Crippen LogP contribution in [-0.2, 0) is 0 Å². The van der Waals surface area contributed by atoms with Crippen LogP contribution >= 0.6 is 0 Å². The second-order valence-corrected chi connectivity index (χ2v) is 10.3. The van der Waals surface area contributed by atoms with Crippen molar-refractivity contribution in [2.45, 2.75) is 0 Å². The highest BCUT2D eigenvalue weighted by Crippen LogP contribution is 2.40. The second kappa shape index (κ2) is 9.14. The van der Waals surface area contributed by atoms with Crippen LogP contribution in [0, 0.1) is 0 Å². The highest BCUT2D eigenvalue weighted by atomic mass is 14.7. The highest BCUT2D eigenvalue weighted by molar-refractivity contribution is 6.16. The van der Waals surface area contributed by atoms with Crippen molar-refractivity contribution in [2.24, 2.45) is 0 Å². The summed E-state index contributed by atoms with van der Waals surface area (Å²) < 4.78 is 0. The number of aromatic nitrogens is 2. The van der Waals surface area contributed by atoms with Gasteiger partial charge in [0.25, 0.3) is 0 Å². The van der Waals surface area contributed by atoms with Gasteiger partial charge in [-0.3, -0.25) is 9.97 Å². The molecule has 0 atom stereocenters. The van der Waals surface area contributed by atoms with Gasteiger partial charge in [0, 0.05) is 34.3 Å². The third kappa shape index (κ3) is 3.65. The Morgan fingerprint density at radius 3 is 1.85 bits per heavy atom. The summed E-state index contributed by atoms with van der Waals surface area (Å²) in [4.78, 5) is 9.94. The number of fused-ring (bicyclic) bond motifs is 5. The summed E-state index contributed by atoms with van der Waals surface area (Å²) in [5.41, 5.74) is 7.66. The van der Waals surface area contributed by atoms with Crippen molar-refractivity contribution in [1.29, 1.82) is 0 Å². The van der Waals surface area contributed by atoms with Crippen molar-refractivity contribution in [3.05, 3.63) is 146 Å². The molecule has 0 fully saturated rings. The SMILES string of the molecule is c1ccc(-c2ccc3cc(-c4ncc(-c5cc6ccccc6c6ccccc56)c5ccccc45)cnc3c2)cc1. The van der Waals surface area contributed by atoms with Gasteiger partial charge in [-0.25, -0.2) is 0 Å². The van der Waals surface area contributed by atoms with Gasteiger partial charge >= 0.3 is 0 Å². The lowest BCUT2D eigenvalue weighted by molar-refractivity contribution is 1.33. The number of rotatable bonds is 3. The molecule has 0 aliphatic carbocycles. The molecule has 0 radical (unpaired) electrons. The van der Waals surface area contributed by atoms with E-state index in [4.69, 9.17) is 9.97 Å². The fraction of sp³-hybridized carbons (Fsp3) is 0. The first-order valence-corrected chi connectivity index (χ1v) is 13.6. The van der Waals surface area contributed by atoms with Gasteiger partial charge in [0.1, 0.15) is 0 Å². The molecule has 0 saturated carbocycles. The summed E-state index contributed by atoms with van der Waals surface area (Å²) in [5, 5.41) is 8.42. The minimum Gasteiger partial charge on any atom is -0.256 e. The number of nitrogens with zero attached hydrogens (tertiary/aromatic N) is 2. The third-order valence-electron chi connectivity index (χ3n) is 7.92. The van der Waals surface area contributed by atoms with Crippen LogP contribution in [0.15, 0.2) is 146 Å². The van der Waals surface area contributed by atoms with E-state index in [1.54, 1.807) is 0 Å². The Bertz CT molecular complexity index is 2210. The van der Waals surface area contributed by atoms with E-state index >= 15 is 0 Å². The zero-order chi connectivity index (χ0) is 26.5. The molecule has 0 aliphatic rings. The Morgan fingerprint density at radius 2 is 1.02 bits per heavy atom. The van der Waals surface area contributed by atoms with Crippen LogP contribution in [0.5, 0.6) is 0 Å². The van der Waals surface area contributed by atoms with E-state index in [-0.39, 0.29) is 0 Å². The van der Waals surface area contributed by atoms with Gasteiger partial charge in [-0.05, 0) is 61.8 Å². The van der Waals surface area contributed by atoms with E-state index < -0.39 is 0 Å². The molecule has 2 heteroatoms. The first kappa shape index (κ1) is 22.6. The second-order valence-electron chi connectivity index (χ2n) is 10.3. The Balaban J connectivity index is 1.30. The van der Waals surface area contributed by atoms with Crippen LogP contribution in [0.3, 0.4) is 0 Å². The molecule has 0 N–H and O–H groups in total. The average Bonchev–Trinajstić information content (AvgIpc) is 3.04. The Hall–Kier alpha value is -5.34. The standard InChI is InChI=1S/C38H24N2/c1-2-10-25(11-3-1)26-18-19-28-20-29(23-39-37(28)22-26)38-34-17-9-8-16-33(34)36(24-40-38)35-21-27-12-4-5-13-30(27)31-14-6-7-15-32(31)35/h1-24H. The molecule has 2 aromatic heterocycles. The van der Waals surface area contributed by atoms with Gasteiger partial charge in [0.15, 0.2) is 0 Å². The van der Waals surface area contributed by atoms with Gasteiger partial charge in [-0.1, -0.05) is 115 Å². The van der Waals surface area contributed by atoms with E-state index in [0.29, 0.717) is 0 Å². The fourth-order valence-corrected chi connectivity index (χ4v) is 5.98. The van der Waals surface area contributed by atoms with Crippen molar-refractivity contribution < 1.29 is 0 Å². The van der Waals surface area contributed by atoms with Crippen LogP contribution in [0.2, 0.25) is 0 Å². The predicted octanol–water partition coefficient (Wildman–Crippen LogP) is 10.1. The Kier molecular flexibility index (Phi) is 5.17. The van der Waals surface area contributed by atoms with Gasteiger partial charge < -0.3 is 0 Å². The van der Waals surface area contributed by atoms with Crippen LogP contribution in [0.25, 0.3) is 76.7 Å². The molecule has 0 saturated heterocycles.